The molecule has 1 fully saturated rings. The summed E-state index contributed by atoms with van der Waals surface area (Å²) in [6.07, 6.45) is 2.66. The number of nitrogens with one attached hydrogen (secondary N) is 1. The van der Waals surface area contributed by atoms with Crippen LogP contribution in [0.3, 0.4) is 0 Å². The number of hydrogen-bond donors (Lipinski definition) is 2. The Labute approximate surface area is 172 Å². The lowest BCUT2D eigenvalue weighted by Gasteiger charge is -2.32. The van der Waals surface area contributed by atoms with Crippen molar-refractivity contribution in [1.82, 2.24) is 0 Å². The average molecular weight is 395 g/mol. The Kier molecular flexibility index (Phi) is 6.75. The highest BCUT2D eigenvalue weighted by molar-refractivity contribution is 6.04. The summed E-state index contributed by atoms with van der Waals surface area (Å²) in [5.74, 6) is -0.338. The topological polar surface area (TPSA) is 78.7 Å². The van der Waals surface area contributed by atoms with Crippen LogP contribution in [0.15, 0.2) is 48.5 Å². The van der Waals surface area contributed by atoms with Gasteiger partial charge in [-0.2, -0.15) is 0 Å². The summed E-state index contributed by atoms with van der Waals surface area (Å²) in [4.78, 5) is 28.3. The fourth-order valence-corrected chi connectivity index (χ4v) is 3.71. The Morgan fingerprint density at radius 1 is 1.07 bits per heavy atom. The molecule has 0 bridgehead atoms. The van der Waals surface area contributed by atoms with Crippen molar-refractivity contribution >= 4 is 28.9 Å². The first-order valence-electron chi connectivity index (χ1n) is 10.2. The van der Waals surface area contributed by atoms with Gasteiger partial charge in [-0.1, -0.05) is 6.92 Å². The van der Waals surface area contributed by atoms with Gasteiger partial charge >= 0.3 is 0 Å². The highest BCUT2D eigenvalue weighted by Gasteiger charge is 2.23. The molecule has 0 unspecified atom stereocenters. The minimum Gasteiger partial charge on any atom is -0.375 e. The Balaban J connectivity index is 1.57. The zero-order valence-corrected chi connectivity index (χ0v) is 17.2. The second-order valence-electron chi connectivity index (χ2n) is 7.63. The quantitative estimate of drug-likeness (QED) is 0.753. The van der Waals surface area contributed by atoms with Gasteiger partial charge in [0.15, 0.2) is 0 Å². The van der Waals surface area contributed by atoms with Crippen LogP contribution in [0.1, 0.15) is 36.5 Å². The van der Waals surface area contributed by atoms with E-state index in [1.807, 2.05) is 48.5 Å². The van der Waals surface area contributed by atoms with E-state index < -0.39 is 0 Å². The molecule has 0 aromatic heterocycles. The number of nitrogens with zero attached hydrogens (tertiary/aromatic N) is 2. The zero-order valence-electron chi connectivity index (χ0n) is 17.2. The second-order valence-corrected chi connectivity index (χ2v) is 7.63. The van der Waals surface area contributed by atoms with Crippen LogP contribution in [0.25, 0.3) is 0 Å². The Hall–Kier alpha value is -3.02. The molecule has 3 rings (SSSR count). The standard InChI is InChI=1S/C23H30N4O2/c1-3-14-26(2)20-8-4-18(5-9-20)23(29)25-19-6-10-21(11-7-19)27-15-12-17(13-16-27)22(24)28/h4-11,17H,3,12-16H2,1-2H3,(H2,24,28)(H,25,29). The molecule has 0 radical (unpaired) electrons. The maximum atomic E-state index is 12.5. The molecular weight excluding hydrogens is 364 g/mol. The van der Waals surface area contributed by atoms with Crippen molar-refractivity contribution in [3.8, 4) is 0 Å². The molecule has 1 aliphatic heterocycles. The fourth-order valence-electron chi connectivity index (χ4n) is 3.71. The summed E-state index contributed by atoms with van der Waals surface area (Å²) in [5.41, 5.74) is 9.00. The number of amides is 2. The second kappa shape index (κ2) is 9.45. The molecule has 3 N–H and O–H groups in total. The number of carbonyl (C=O) groups is 2. The van der Waals surface area contributed by atoms with Crippen molar-refractivity contribution in [2.45, 2.75) is 26.2 Å². The van der Waals surface area contributed by atoms with Crippen LogP contribution >= 0.6 is 0 Å². The van der Waals surface area contributed by atoms with Crippen LogP contribution in [0, 0.1) is 5.92 Å². The molecule has 2 aromatic rings. The number of rotatable bonds is 7. The third-order valence-corrected chi connectivity index (χ3v) is 5.52. The molecule has 0 spiro atoms. The fraction of sp³-hybridized carbons (Fsp3) is 0.391. The van der Waals surface area contributed by atoms with Crippen LogP contribution < -0.4 is 20.9 Å². The molecule has 0 atom stereocenters. The maximum absolute atomic E-state index is 12.5. The molecule has 154 valence electrons. The first-order chi connectivity index (χ1) is 14.0. The van der Waals surface area contributed by atoms with E-state index in [9.17, 15) is 9.59 Å². The smallest absolute Gasteiger partial charge is 0.255 e. The SMILES string of the molecule is CCCN(C)c1ccc(C(=O)Nc2ccc(N3CCC(C(N)=O)CC3)cc2)cc1. The molecule has 0 saturated carbocycles. The van der Waals surface area contributed by atoms with Crippen molar-refractivity contribution < 1.29 is 9.59 Å². The molecule has 29 heavy (non-hydrogen) atoms. The molecule has 2 amide bonds. The number of piperidine rings is 1. The van der Waals surface area contributed by atoms with E-state index in [0.717, 1.165) is 56.0 Å². The highest BCUT2D eigenvalue weighted by Crippen LogP contribution is 2.25. The average Bonchev–Trinajstić information content (AvgIpc) is 2.74. The van der Waals surface area contributed by atoms with Crippen molar-refractivity contribution in [2.24, 2.45) is 11.7 Å². The van der Waals surface area contributed by atoms with E-state index in [-0.39, 0.29) is 17.7 Å². The lowest BCUT2D eigenvalue weighted by molar-refractivity contribution is -0.122. The van der Waals surface area contributed by atoms with E-state index >= 15 is 0 Å². The number of carbonyl (C=O) groups excluding carboxylic acids is 2. The first-order valence-corrected chi connectivity index (χ1v) is 10.2. The van der Waals surface area contributed by atoms with Gasteiger partial charge in [-0.05, 0) is 67.8 Å². The minimum absolute atomic E-state index is 0.0158. The van der Waals surface area contributed by atoms with Crippen LogP contribution in [0.2, 0.25) is 0 Å². The molecule has 2 aromatic carbocycles. The summed E-state index contributed by atoms with van der Waals surface area (Å²) in [5, 5.41) is 2.95. The molecule has 1 saturated heterocycles. The van der Waals surface area contributed by atoms with Crippen molar-refractivity contribution in [3.05, 3.63) is 54.1 Å². The van der Waals surface area contributed by atoms with Gasteiger partial charge < -0.3 is 20.9 Å². The summed E-state index contributed by atoms with van der Waals surface area (Å²) in [6.45, 7) is 4.76. The molecule has 6 nitrogen and oxygen atoms in total. The first kappa shape index (κ1) is 20.7. The van der Waals surface area contributed by atoms with E-state index in [0.29, 0.717) is 5.56 Å². The largest absolute Gasteiger partial charge is 0.375 e. The lowest BCUT2D eigenvalue weighted by Crippen LogP contribution is -2.38. The van der Waals surface area contributed by atoms with E-state index in [1.165, 1.54) is 0 Å². The highest BCUT2D eigenvalue weighted by atomic mass is 16.2. The number of primary amides is 1. The van der Waals surface area contributed by atoms with Gasteiger partial charge in [0.2, 0.25) is 5.91 Å². The molecular formula is C23H30N4O2. The summed E-state index contributed by atoms with van der Waals surface area (Å²) in [6, 6.07) is 15.5. The Bertz CT molecular complexity index is 825. The number of hydrogen-bond acceptors (Lipinski definition) is 4. The van der Waals surface area contributed by atoms with Crippen molar-refractivity contribution in [1.29, 1.82) is 0 Å². The third-order valence-electron chi connectivity index (χ3n) is 5.52. The van der Waals surface area contributed by atoms with E-state index in [4.69, 9.17) is 5.73 Å². The van der Waals surface area contributed by atoms with Gasteiger partial charge in [0.05, 0.1) is 0 Å². The van der Waals surface area contributed by atoms with E-state index in [1.54, 1.807) is 0 Å². The Morgan fingerprint density at radius 2 is 1.69 bits per heavy atom. The number of benzene rings is 2. The van der Waals surface area contributed by atoms with Gasteiger partial charge in [-0.3, -0.25) is 9.59 Å². The predicted molar refractivity (Wildman–Crippen MR) is 119 cm³/mol. The molecule has 1 aliphatic rings. The van der Waals surface area contributed by atoms with Gasteiger partial charge in [-0.25, -0.2) is 0 Å². The summed E-state index contributed by atoms with van der Waals surface area (Å²) >= 11 is 0. The van der Waals surface area contributed by atoms with Crippen LogP contribution in [0.4, 0.5) is 17.1 Å². The summed E-state index contributed by atoms with van der Waals surface area (Å²) < 4.78 is 0. The predicted octanol–water partition coefficient (Wildman–Crippen LogP) is 3.49. The Morgan fingerprint density at radius 3 is 2.24 bits per heavy atom. The number of anilines is 3. The lowest BCUT2D eigenvalue weighted by atomic mass is 9.96. The van der Waals surface area contributed by atoms with Crippen molar-refractivity contribution in [2.75, 3.05) is 41.8 Å². The van der Waals surface area contributed by atoms with Gasteiger partial charge in [0.25, 0.3) is 5.91 Å². The summed E-state index contributed by atoms with van der Waals surface area (Å²) in [7, 11) is 2.05. The van der Waals surface area contributed by atoms with Gasteiger partial charge in [0.1, 0.15) is 0 Å². The number of nitrogens with two attached hydrogens (primary N) is 1. The molecule has 1 heterocycles. The molecule has 6 heteroatoms. The van der Waals surface area contributed by atoms with Gasteiger partial charge in [0, 0.05) is 55.2 Å². The minimum atomic E-state index is -0.201. The normalized spacial score (nSPS) is 14.5. The maximum Gasteiger partial charge on any atom is 0.255 e. The zero-order chi connectivity index (χ0) is 20.8. The molecule has 0 aliphatic carbocycles. The monoisotopic (exact) mass is 394 g/mol. The van der Waals surface area contributed by atoms with E-state index in [2.05, 4.69) is 29.1 Å². The van der Waals surface area contributed by atoms with Crippen LogP contribution in [-0.4, -0.2) is 38.5 Å². The van der Waals surface area contributed by atoms with Crippen molar-refractivity contribution in [3.63, 3.8) is 0 Å². The van der Waals surface area contributed by atoms with Gasteiger partial charge in [-0.15, -0.1) is 0 Å². The third kappa shape index (κ3) is 5.28. The van der Waals surface area contributed by atoms with Crippen LogP contribution in [0.5, 0.6) is 0 Å². The van der Waals surface area contributed by atoms with Crippen LogP contribution in [-0.2, 0) is 4.79 Å².